The third kappa shape index (κ3) is 8.37. The van der Waals surface area contributed by atoms with Gasteiger partial charge in [-0.25, -0.2) is 13.1 Å². The lowest BCUT2D eigenvalue weighted by Gasteiger charge is -2.42. The van der Waals surface area contributed by atoms with Crippen LogP contribution in [-0.4, -0.2) is 44.4 Å². The number of aryl methyl sites for hydroxylation is 1. The molecule has 0 aromatic heterocycles. The summed E-state index contributed by atoms with van der Waals surface area (Å²) in [7, 11) is -3.77. The predicted octanol–water partition coefficient (Wildman–Crippen LogP) is 6.05. The normalized spacial score (nSPS) is 19.8. The van der Waals surface area contributed by atoms with E-state index in [0.717, 1.165) is 61.9 Å². The van der Waals surface area contributed by atoms with Crippen LogP contribution in [-0.2, 0) is 23.1 Å². The van der Waals surface area contributed by atoms with Crippen LogP contribution in [0.2, 0.25) is 5.02 Å². The van der Waals surface area contributed by atoms with E-state index in [9.17, 15) is 18.3 Å². The van der Waals surface area contributed by atoms with Gasteiger partial charge < -0.3 is 14.7 Å². The first-order chi connectivity index (χ1) is 19.7. The quantitative estimate of drug-likeness (QED) is 0.241. The van der Waals surface area contributed by atoms with Gasteiger partial charge in [-0.1, -0.05) is 29.8 Å². The molecule has 3 atom stereocenters. The third-order valence-corrected chi connectivity index (χ3v) is 9.73. The Bertz CT molecular complexity index is 1350. The molecule has 2 N–H and O–H groups in total. The van der Waals surface area contributed by atoms with Gasteiger partial charge in [0.15, 0.2) is 0 Å². The molecule has 1 heterocycles. The number of nitrogens with zero attached hydrogens (tertiary/aromatic N) is 1. The molecule has 2 aromatic rings. The predicted molar refractivity (Wildman–Crippen MR) is 165 cm³/mol. The van der Waals surface area contributed by atoms with Crippen molar-refractivity contribution < 1.29 is 23.1 Å². The Morgan fingerprint density at radius 3 is 2.71 bits per heavy atom. The van der Waals surface area contributed by atoms with E-state index in [1.54, 1.807) is 30.4 Å². The number of fused-ring (bicyclic) bond motifs is 2. The second-order valence-electron chi connectivity index (χ2n) is 11.0. The zero-order valence-corrected chi connectivity index (χ0v) is 25.1. The molecule has 0 bridgehead atoms. The summed E-state index contributed by atoms with van der Waals surface area (Å²) in [6, 6.07) is 10.9. The number of unbranched alkanes of at least 4 members (excludes halogenated alkanes) is 2. The van der Waals surface area contributed by atoms with Gasteiger partial charge >= 0.3 is 0 Å². The number of carbonyl (C=O) groups is 1. The Balaban J connectivity index is 1.61. The maximum absolute atomic E-state index is 13.1. The summed E-state index contributed by atoms with van der Waals surface area (Å²) in [6.07, 6.45) is 9.35. The van der Waals surface area contributed by atoms with E-state index in [2.05, 4.69) is 22.8 Å². The fraction of sp³-hybridized carbons (Fsp3) is 0.469. The van der Waals surface area contributed by atoms with Crippen molar-refractivity contribution in [3.8, 4) is 5.75 Å². The molecule has 222 valence electrons. The summed E-state index contributed by atoms with van der Waals surface area (Å²) >= 11 is 6.28. The zero-order chi connectivity index (χ0) is 29.4. The fourth-order valence-electron chi connectivity index (χ4n) is 5.64. The number of sulfonamides is 1. The molecule has 1 amide bonds. The molecule has 1 aliphatic carbocycles. The molecule has 41 heavy (non-hydrogen) atoms. The van der Waals surface area contributed by atoms with Crippen LogP contribution in [0.15, 0.2) is 61.7 Å². The number of allylic oxidation sites excluding steroid dienone is 1. The Kier molecular flexibility index (Phi) is 10.9. The molecule has 1 aliphatic heterocycles. The SMILES string of the molecule is C=CCCCCS(=O)(=O)NC(=O)c1ccc2c(c1)N(C[C@@H]1CC[C@H]1[C@H](O)C=C)CCCCc1cc(Cl)ccc1CO2. The Morgan fingerprint density at radius 2 is 1.98 bits per heavy atom. The smallest absolute Gasteiger partial charge is 0.264 e. The van der Waals surface area contributed by atoms with Gasteiger partial charge in [0, 0.05) is 23.7 Å². The van der Waals surface area contributed by atoms with Gasteiger partial charge in [-0.3, -0.25) is 4.79 Å². The number of aliphatic hydroxyl groups is 1. The van der Waals surface area contributed by atoms with Gasteiger partial charge in [0.2, 0.25) is 10.0 Å². The number of anilines is 1. The average Bonchev–Trinajstić information content (AvgIpc) is 2.96. The molecule has 1 fully saturated rings. The zero-order valence-electron chi connectivity index (χ0n) is 23.6. The van der Waals surface area contributed by atoms with E-state index in [-0.39, 0.29) is 23.2 Å². The molecule has 9 heteroatoms. The van der Waals surface area contributed by atoms with Crippen molar-refractivity contribution >= 4 is 33.2 Å². The first kappa shape index (κ1) is 31.1. The van der Waals surface area contributed by atoms with Crippen LogP contribution < -0.4 is 14.4 Å². The van der Waals surface area contributed by atoms with Crippen LogP contribution in [0.3, 0.4) is 0 Å². The minimum atomic E-state index is -3.77. The second kappa shape index (κ2) is 14.4. The highest BCUT2D eigenvalue weighted by molar-refractivity contribution is 7.90. The largest absolute Gasteiger partial charge is 0.487 e. The highest BCUT2D eigenvalue weighted by Gasteiger charge is 2.36. The van der Waals surface area contributed by atoms with Crippen molar-refractivity contribution in [2.24, 2.45) is 11.8 Å². The number of halogens is 1. The minimum Gasteiger partial charge on any atom is -0.487 e. The lowest BCUT2D eigenvalue weighted by Crippen LogP contribution is -2.43. The van der Waals surface area contributed by atoms with Gasteiger partial charge in [0.1, 0.15) is 12.4 Å². The number of amides is 1. The molecular weight excluding hydrogens is 560 g/mol. The van der Waals surface area contributed by atoms with Crippen LogP contribution in [0.5, 0.6) is 5.75 Å². The van der Waals surface area contributed by atoms with Gasteiger partial charge in [0.05, 0.1) is 17.5 Å². The number of ether oxygens (including phenoxy) is 1. The Labute approximate surface area is 249 Å². The summed E-state index contributed by atoms with van der Waals surface area (Å²) in [6.45, 7) is 9.19. The van der Waals surface area contributed by atoms with E-state index in [0.29, 0.717) is 36.8 Å². The van der Waals surface area contributed by atoms with Crippen molar-refractivity contribution in [3.63, 3.8) is 0 Å². The Morgan fingerprint density at radius 1 is 1.15 bits per heavy atom. The summed E-state index contributed by atoms with van der Waals surface area (Å²) in [5.74, 6) is 0.251. The first-order valence-electron chi connectivity index (χ1n) is 14.5. The fourth-order valence-corrected chi connectivity index (χ4v) is 6.92. The van der Waals surface area contributed by atoms with Crippen LogP contribution in [0.1, 0.15) is 66.4 Å². The van der Waals surface area contributed by atoms with Gasteiger partial charge in [0.25, 0.3) is 5.91 Å². The molecular formula is C32H41ClN2O5S. The van der Waals surface area contributed by atoms with E-state index in [4.69, 9.17) is 16.3 Å². The van der Waals surface area contributed by atoms with E-state index in [1.807, 2.05) is 18.2 Å². The Hall–Kier alpha value is -2.81. The first-order valence-corrected chi connectivity index (χ1v) is 16.5. The molecule has 1 saturated carbocycles. The third-order valence-electron chi connectivity index (χ3n) is 8.17. The average molecular weight is 601 g/mol. The van der Waals surface area contributed by atoms with Crippen LogP contribution >= 0.6 is 11.6 Å². The van der Waals surface area contributed by atoms with Gasteiger partial charge in [-0.15, -0.1) is 13.2 Å². The molecule has 0 spiro atoms. The molecule has 0 unspecified atom stereocenters. The molecule has 4 rings (SSSR count). The molecule has 0 saturated heterocycles. The molecule has 2 aromatic carbocycles. The summed E-state index contributed by atoms with van der Waals surface area (Å²) in [5.41, 5.74) is 3.23. The van der Waals surface area contributed by atoms with Crippen molar-refractivity contribution in [2.75, 3.05) is 23.7 Å². The highest BCUT2D eigenvalue weighted by atomic mass is 35.5. The second-order valence-corrected chi connectivity index (χ2v) is 13.3. The van der Waals surface area contributed by atoms with E-state index < -0.39 is 22.0 Å². The monoisotopic (exact) mass is 600 g/mol. The summed E-state index contributed by atoms with van der Waals surface area (Å²) < 4.78 is 33.7. The van der Waals surface area contributed by atoms with Gasteiger partial charge in [-0.05, 0) is 105 Å². The van der Waals surface area contributed by atoms with Crippen LogP contribution in [0.25, 0.3) is 0 Å². The van der Waals surface area contributed by atoms with Crippen molar-refractivity contribution in [3.05, 3.63) is 83.4 Å². The van der Waals surface area contributed by atoms with Crippen LogP contribution in [0, 0.1) is 11.8 Å². The number of hydrogen-bond donors (Lipinski definition) is 2. The van der Waals surface area contributed by atoms with E-state index >= 15 is 0 Å². The van der Waals surface area contributed by atoms with Crippen molar-refractivity contribution in [2.45, 2.75) is 64.1 Å². The van der Waals surface area contributed by atoms with E-state index in [1.165, 1.54) is 0 Å². The van der Waals surface area contributed by atoms with Crippen molar-refractivity contribution in [1.82, 2.24) is 4.72 Å². The molecule has 7 nitrogen and oxygen atoms in total. The van der Waals surface area contributed by atoms with Crippen LogP contribution in [0.4, 0.5) is 5.69 Å². The lowest BCUT2D eigenvalue weighted by molar-refractivity contribution is 0.0465. The molecule has 0 radical (unpaired) electrons. The maximum atomic E-state index is 13.1. The van der Waals surface area contributed by atoms with Gasteiger partial charge in [-0.2, -0.15) is 0 Å². The molecule has 2 aliphatic rings. The maximum Gasteiger partial charge on any atom is 0.264 e. The summed E-state index contributed by atoms with van der Waals surface area (Å²) in [5, 5.41) is 11.1. The number of nitrogens with one attached hydrogen (secondary N) is 1. The number of aliphatic hydroxyl groups excluding tert-OH is 1. The minimum absolute atomic E-state index is 0.120. The summed E-state index contributed by atoms with van der Waals surface area (Å²) in [4.78, 5) is 15.3. The number of benzene rings is 2. The van der Waals surface area contributed by atoms with Crippen molar-refractivity contribution in [1.29, 1.82) is 0 Å². The number of rotatable bonds is 11. The highest BCUT2D eigenvalue weighted by Crippen LogP contribution is 2.40. The number of hydrogen-bond acceptors (Lipinski definition) is 6. The number of carbonyl (C=O) groups excluding carboxylic acids is 1. The standard InChI is InChI=1S/C32H41ClN2O5S/c1-3-5-6-9-18-41(38,39)34-32(37)24-13-16-31-29(20-24)35(21-25-12-15-28(25)30(36)4-2)17-8-7-10-23-19-27(33)14-11-26(23)22-40-31/h3-4,11,13-14,16,19-20,25,28,30,36H,1-2,5-10,12,15,17-18,21-22H2,(H,34,37)/t25-,28+,30+/m0/s1. The lowest BCUT2D eigenvalue weighted by atomic mass is 9.70. The topological polar surface area (TPSA) is 95.9 Å².